The van der Waals surface area contributed by atoms with Crippen LogP contribution in [0.2, 0.25) is 10.0 Å². The minimum Gasteiger partial charge on any atom is -0.480 e. The van der Waals surface area contributed by atoms with E-state index in [-0.39, 0.29) is 40.9 Å². The summed E-state index contributed by atoms with van der Waals surface area (Å²) in [7, 11) is 0. The summed E-state index contributed by atoms with van der Waals surface area (Å²) in [6.45, 7) is 0.380. The topological polar surface area (TPSA) is 134 Å². The van der Waals surface area contributed by atoms with Crippen LogP contribution in [-0.4, -0.2) is 41.0 Å². The van der Waals surface area contributed by atoms with Crippen molar-refractivity contribution in [2.45, 2.75) is 12.5 Å². The van der Waals surface area contributed by atoms with E-state index >= 15 is 0 Å². The fourth-order valence-corrected chi connectivity index (χ4v) is 2.81. The molecule has 0 aliphatic rings. The molecule has 9 nitrogen and oxygen atoms in total. The first-order chi connectivity index (χ1) is 13.8. The average Bonchev–Trinajstić information content (AvgIpc) is 2.67. The standard InChI is InChI=1S/C18H18Cl2N4O5/c19-11-4-3-6-13(17(11)20)23-16(25)10-14(18(26)27)22-9-8-21-12-5-1-2-7-15(12)24(28)29/h1-7,14,21-22H,8-10H2,(H,23,25)(H,26,27). The van der Waals surface area contributed by atoms with Crippen LogP contribution in [0, 0.1) is 10.1 Å². The van der Waals surface area contributed by atoms with Gasteiger partial charge in [-0.1, -0.05) is 41.4 Å². The van der Waals surface area contributed by atoms with Crippen LogP contribution in [0.5, 0.6) is 0 Å². The second-order valence-electron chi connectivity index (χ2n) is 5.90. The Labute approximate surface area is 176 Å². The highest BCUT2D eigenvalue weighted by molar-refractivity contribution is 6.44. The molecule has 0 bridgehead atoms. The van der Waals surface area contributed by atoms with E-state index in [2.05, 4.69) is 16.0 Å². The lowest BCUT2D eigenvalue weighted by molar-refractivity contribution is -0.384. The van der Waals surface area contributed by atoms with Crippen molar-refractivity contribution in [3.8, 4) is 0 Å². The van der Waals surface area contributed by atoms with Crippen molar-refractivity contribution in [1.29, 1.82) is 0 Å². The van der Waals surface area contributed by atoms with Crippen LogP contribution in [0.1, 0.15) is 6.42 Å². The predicted octanol–water partition coefficient (Wildman–Crippen LogP) is 3.39. The van der Waals surface area contributed by atoms with Crippen molar-refractivity contribution in [2.75, 3.05) is 23.7 Å². The minimum absolute atomic E-state index is 0.0833. The van der Waals surface area contributed by atoms with Crippen LogP contribution < -0.4 is 16.0 Å². The molecule has 154 valence electrons. The van der Waals surface area contributed by atoms with Crippen LogP contribution in [0.4, 0.5) is 17.1 Å². The molecule has 0 heterocycles. The van der Waals surface area contributed by atoms with Gasteiger partial charge in [0, 0.05) is 19.2 Å². The van der Waals surface area contributed by atoms with E-state index < -0.39 is 22.8 Å². The van der Waals surface area contributed by atoms with E-state index in [1.165, 1.54) is 6.07 Å². The van der Waals surface area contributed by atoms with Crippen LogP contribution in [0.15, 0.2) is 42.5 Å². The van der Waals surface area contributed by atoms with Crippen LogP contribution in [-0.2, 0) is 9.59 Å². The number of carboxylic acid groups (broad SMARTS) is 1. The number of benzene rings is 2. The van der Waals surface area contributed by atoms with Gasteiger partial charge in [-0.2, -0.15) is 0 Å². The van der Waals surface area contributed by atoms with Gasteiger partial charge in [0.2, 0.25) is 5.91 Å². The first-order valence-corrected chi connectivity index (χ1v) is 9.22. The number of halogens is 2. The highest BCUT2D eigenvalue weighted by Crippen LogP contribution is 2.29. The maximum Gasteiger partial charge on any atom is 0.321 e. The number of carboxylic acids is 1. The molecule has 0 saturated heterocycles. The molecule has 0 aliphatic carbocycles. The summed E-state index contributed by atoms with van der Waals surface area (Å²) in [5, 5.41) is 28.8. The van der Waals surface area contributed by atoms with Crippen molar-refractivity contribution in [2.24, 2.45) is 0 Å². The van der Waals surface area contributed by atoms with Gasteiger partial charge in [0.25, 0.3) is 5.69 Å². The number of carbonyl (C=O) groups is 2. The number of para-hydroxylation sites is 2. The Balaban J connectivity index is 1.87. The Bertz CT molecular complexity index is 910. The Morgan fingerprint density at radius 1 is 1.07 bits per heavy atom. The van der Waals surface area contributed by atoms with E-state index in [1.54, 1.807) is 36.4 Å². The maximum absolute atomic E-state index is 12.2. The first kappa shape index (κ1) is 22.4. The number of aliphatic carboxylic acids is 1. The molecule has 0 radical (unpaired) electrons. The van der Waals surface area contributed by atoms with Gasteiger partial charge in [-0.05, 0) is 18.2 Å². The molecular formula is C18H18Cl2N4O5. The minimum atomic E-state index is -1.21. The van der Waals surface area contributed by atoms with E-state index in [0.717, 1.165) is 0 Å². The van der Waals surface area contributed by atoms with Gasteiger partial charge in [-0.15, -0.1) is 0 Å². The zero-order valence-electron chi connectivity index (χ0n) is 15.0. The molecule has 1 atom stereocenters. The number of nitrogens with zero attached hydrogens (tertiary/aromatic N) is 1. The summed E-state index contributed by atoms with van der Waals surface area (Å²) in [4.78, 5) is 34.0. The van der Waals surface area contributed by atoms with Crippen LogP contribution in [0.25, 0.3) is 0 Å². The molecular weight excluding hydrogens is 423 g/mol. The number of nitro benzene ring substituents is 1. The number of nitrogens with one attached hydrogen (secondary N) is 3. The van der Waals surface area contributed by atoms with Crippen molar-refractivity contribution in [3.63, 3.8) is 0 Å². The Hall–Kier alpha value is -2.88. The normalized spacial score (nSPS) is 11.5. The predicted molar refractivity (Wildman–Crippen MR) is 111 cm³/mol. The van der Waals surface area contributed by atoms with Crippen molar-refractivity contribution in [1.82, 2.24) is 5.32 Å². The Kier molecular flexibility index (Phi) is 8.20. The number of hydrogen-bond donors (Lipinski definition) is 4. The van der Waals surface area contributed by atoms with E-state index in [9.17, 15) is 24.8 Å². The number of nitro groups is 1. The van der Waals surface area contributed by atoms with Gasteiger partial charge in [-0.25, -0.2) is 0 Å². The molecule has 0 saturated carbocycles. The third-order valence-corrected chi connectivity index (χ3v) is 4.66. The van der Waals surface area contributed by atoms with E-state index in [4.69, 9.17) is 23.2 Å². The number of amides is 1. The summed E-state index contributed by atoms with van der Waals surface area (Å²) in [6.07, 6.45) is -0.344. The molecule has 0 aliphatic heterocycles. The fraction of sp³-hybridized carbons (Fsp3) is 0.222. The third kappa shape index (κ3) is 6.60. The molecule has 2 aromatic rings. The summed E-state index contributed by atoms with van der Waals surface area (Å²) in [6, 6.07) is 9.67. The summed E-state index contributed by atoms with van der Waals surface area (Å²) >= 11 is 11.9. The Morgan fingerprint density at radius 2 is 1.76 bits per heavy atom. The fourth-order valence-electron chi connectivity index (χ4n) is 2.46. The molecule has 0 fully saturated rings. The zero-order valence-corrected chi connectivity index (χ0v) is 16.5. The highest BCUT2D eigenvalue weighted by atomic mass is 35.5. The van der Waals surface area contributed by atoms with Crippen molar-refractivity contribution >= 4 is 52.1 Å². The first-order valence-electron chi connectivity index (χ1n) is 8.47. The smallest absolute Gasteiger partial charge is 0.321 e. The summed E-state index contributed by atoms with van der Waals surface area (Å²) in [5.74, 6) is -1.76. The second-order valence-corrected chi connectivity index (χ2v) is 6.68. The van der Waals surface area contributed by atoms with Gasteiger partial charge in [0.05, 0.1) is 27.1 Å². The molecule has 0 spiro atoms. The average molecular weight is 441 g/mol. The molecule has 0 aromatic heterocycles. The number of hydrogen-bond acceptors (Lipinski definition) is 6. The van der Waals surface area contributed by atoms with Gasteiger partial charge < -0.3 is 21.1 Å². The summed E-state index contributed by atoms with van der Waals surface area (Å²) in [5.41, 5.74) is 0.519. The van der Waals surface area contributed by atoms with Crippen LogP contribution in [0.3, 0.4) is 0 Å². The maximum atomic E-state index is 12.2. The lowest BCUT2D eigenvalue weighted by atomic mass is 10.2. The molecule has 29 heavy (non-hydrogen) atoms. The van der Waals surface area contributed by atoms with Gasteiger partial charge in [-0.3, -0.25) is 19.7 Å². The SMILES string of the molecule is O=C(CC(NCCNc1ccccc1[N+](=O)[O-])C(=O)O)Nc1cccc(Cl)c1Cl. The van der Waals surface area contributed by atoms with E-state index in [1.807, 2.05) is 0 Å². The monoisotopic (exact) mass is 440 g/mol. The largest absolute Gasteiger partial charge is 0.480 e. The molecule has 4 N–H and O–H groups in total. The number of carbonyl (C=O) groups excluding carboxylic acids is 1. The van der Waals surface area contributed by atoms with Crippen molar-refractivity contribution in [3.05, 3.63) is 62.6 Å². The van der Waals surface area contributed by atoms with Crippen molar-refractivity contribution < 1.29 is 19.6 Å². The number of rotatable bonds is 10. The molecule has 11 heteroatoms. The number of anilines is 2. The highest BCUT2D eigenvalue weighted by Gasteiger charge is 2.21. The van der Waals surface area contributed by atoms with Gasteiger partial charge in [0.1, 0.15) is 11.7 Å². The quantitative estimate of drug-likeness (QED) is 0.252. The van der Waals surface area contributed by atoms with E-state index in [0.29, 0.717) is 5.69 Å². The lowest BCUT2D eigenvalue weighted by Gasteiger charge is -2.15. The third-order valence-electron chi connectivity index (χ3n) is 3.85. The molecule has 1 amide bonds. The molecule has 2 aromatic carbocycles. The van der Waals surface area contributed by atoms with Crippen LogP contribution >= 0.6 is 23.2 Å². The lowest BCUT2D eigenvalue weighted by Crippen LogP contribution is -2.41. The zero-order chi connectivity index (χ0) is 21.4. The Morgan fingerprint density at radius 3 is 2.45 bits per heavy atom. The molecule has 1 unspecified atom stereocenters. The summed E-state index contributed by atoms with van der Waals surface area (Å²) < 4.78 is 0. The van der Waals surface area contributed by atoms with Gasteiger partial charge >= 0.3 is 5.97 Å². The van der Waals surface area contributed by atoms with Gasteiger partial charge in [0.15, 0.2) is 0 Å². The molecule has 2 rings (SSSR count). The second kappa shape index (κ2) is 10.6.